The molecule has 1 aromatic rings. The number of carbonyl (C=O) groups is 1. The Morgan fingerprint density at radius 2 is 1.73 bits per heavy atom. The zero-order chi connectivity index (χ0) is 16.3. The Labute approximate surface area is 131 Å². The summed E-state index contributed by atoms with van der Waals surface area (Å²) in [6, 6.07) is 5.99. The maximum Gasteiger partial charge on any atom is 0.254 e. The Balaban J connectivity index is 2.18. The van der Waals surface area contributed by atoms with Crippen LogP contribution >= 0.6 is 0 Å². The summed E-state index contributed by atoms with van der Waals surface area (Å²) in [4.78, 5) is 14.2. The lowest BCUT2D eigenvalue weighted by Gasteiger charge is -2.27. The number of nitrogens with zero attached hydrogens (tertiary/aromatic N) is 2. The van der Waals surface area contributed by atoms with Gasteiger partial charge in [0, 0.05) is 31.7 Å². The normalized spacial score (nSPS) is 16.3. The topological polar surface area (TPSA) is 66.9 Å². The van der Waals surface area contributed by atoms with E-state index >= 15 is 0 Å². The summed E-state index contributed by atoms with van der Waals surface area (Å²) in [6.07, 6.45) is 0. The summed E-state index contributed by atoms with van der Waals surface area (Å²) in [5.74, 6) is -0.0931. The Kier molecular flexibility index (Phi) is 5.20. The Morgan fingerprint density at radius 3 is 2.23 bits per heavy atom. The van der Waals surface area contributed by atoms with Crippen LogP contribution in [0, 0.1) is 0 Å². The van der Waals surface area contributed by atoms with Crippen LogP contribution in [0.15, 0.2) is 29.2 Å². The second-order valence-corrected chi connectivity index (χ2v) is 7.54. The van der Waals surface area contributed by atoms with Crippen LogP contribution in [-0.2, 0) is 14.8 Å². The molecule has 1 saturated heterocycles. The van der Waals surface area contributed by atoms with Crippen LogP contribution in [0.1, 0.15) is 24.2 Å². The summed E-state index contributed by atoms with van der Waals surface area (Å²) in [5.41, 5.74) is 0.494. The molecule has 0 spiro atoms. The highest BCUT2D eigenvalue weighted by Crippen LogP contribution is 2.18. The molecule has 0 aromatic heterocycles. The second-order valence-electron chi connectivity index (χ2n) is 5.54. The first-order valence-corrected chi connectivity index (χ1v) is 8.73. The smallest absolute Gasteiger partial charge is 0.254 e. The molecule has 6 nitrogen and oxygen atoms in total. The zero-order valence-electron chi connectivity index (χ0n) is 13.2. The van der Waals surface area contributed by atoms with Crippen molar-refractivity contribution >= 4 is 15.9 Å². The standard InChI is InChI=1S/C15H22N2O4S/c1-12(2)16(3)22(19,20)14-6-4-13(5-7-14)15(18)17-8-10-21-11-9-17/h4-7,12H,8-11H2,1-3H3. The molecule has 1 aromatic carbocycles. The molecule has 1 fully saturated rings. The highest BCUT2D eigenvalue weighted by molar-refractivity contribution is 7.89. The average molecular weight is 326 g/mol. The zero-order valence-corrected chi connectivity index (χ0v) is 14.0. The van der Waals surface area contributed by atoms with Crippen molar-refractivity contribution in [1.29, 1.82) is 0 Å². The monoisotopic (exact) mass is 326 g/mol. The van der Waals surface area contributed by atoms with Crippen molar-refractivity contribution in [2.24, 2.45) is 0 Å². The quantitative estimate of drug-likeness (QED) is 0.833. The lowest BCUT2D eigenvalue weighted by atomic mass is 10.2. The molecule has 0 aliphatic carbocycles. The molecule has 1 heterocycles. The number of hydrogen-bond donors (Lipinski definition) is 0. The van der Waals surface area contributed by atoms with E-state index < -0.39 is 10.0 Å². The van der Waals surface area contributed by atoms with E-state index in [1.165, 1.54) is 16.4 Å². The van der Waals surface area contributed by atoms with Crippen molar-refractivity contribution < 1.29 is 17.9 Å². The first kappa shape index (κ1) is 16.9. The van der Waals surface area contributed by atoms with Gasteiger partial charge in [-0.2, -0.15) is 4.31 Å². The lowest BCUT2D eigenvalue weighted by Crippen LogP contribution is -2.40. The van der Waals surface area contributed by atoms with Gasteiger partial charge in [0.2, 0.25) is 10.0 Å². The molecular formula is C15H22N2O4S. The average Bonchev–Trinajstić information content (AvgIpc) is 2.54. The molecule has 0 radical (unpaired) electrons. The number of rotatable bonds is 4. The number of hydrogen-bond acceptors (Lipinski definition) is 4. The molecule has 0 saturated carbocycles. The van der Waals surface area contributed by atoms with Crippen molar-refractivity contribution in [3.63, 3.8) is 0 Å². The van der Waals surface area contributed by atoms with E-state index in [0.717, 1.165) is 0 Å². The Hall–Kier alpha value is -1.44. The lowest BCUT2D eigenvalue weighted by molar-refractivity contribution is 0.0303. The van der Waals surface area contributed by atoms with Crippen molar-refractivity contribution in [2.75, 3.05) is 33.4 Å². The first-order chi connectivity index (χ1) is 10.3. The van der Waals surface area contributed by atoms with Crippen molar-refractivity contribution in [3.8, 4) is 0 Å². The van der Waals surface area contributed by atoms with Gasteiger partial charge in [-0.3, -0.25) is 4.79 Å². The van der Waals surface area contributed by atoms with Crippen LogP contribution in [-0.4, -0.2) is 62.9 Å². The molecule has 1 aliphatic heterocycles. The minimum atomic E-state index is -3.52. The fourth-order valence-corrected chi connectivity index (χ4v) is 3.53. The maximum atomic E-state index is 12.4. The van der Waals surface area contributed by atoms with Gasteiger partial charge in [-0.15, -0.1) is 0 Å². The molecule has 0 atom stereocenters. The van der Waals surface area contributed by atoms with Crippen molar-refractivity contribution in [1.82, 2.24) is 9.21 Å². The van der Waals surface area contributed by atoms with E-state index in [-0.39, 0.29) is 16.8 Å². The van der Waals surface area contributed by atoms with Gasteiger partial charge in [-0.1, -0.05) is 0 Å². The molecule has 0 unspecified atom stereocenters. The highest BCUT2D eigenvalue weighted by atomic mass is 32.2. The summed E-state index contributed by atoms with van der Waals surface area (Å²) < 4.78 is 31.3. The first-order valence-electron chi connectivity index (χ1n) is 7.29. The Morgan fingerprint density at radius 1 is 1.18 bits per heavy atom. The van der Waals surface area contributed by atoms with Gasteiger partial charge < -0.3 is 9.64 Å². The van der Waals surface area contributed by atoms with Gasteiger partial charge in [-0.05, 0) is 38.1 Å². The molecule has 0 bridgehead atoms. The van der Waals surface area contributed by atoms with Gasteiger partial charge in [0.25, 0.3) is 5.91 Å². The molecule has 7 heteroatoms. The van der Waals surface area contributed by atoms with E-state index in [4.69, 9.17) is 4.74 Å². The highest BCUT2D eigenvalue weighted by Gasteiger charge is 2.24. The summed E-state index contributed by atoms with van der Waals surface area (Å²) in [6.45, 7) is 5.83. The van der Waals surface area contributed by atoms with E-state index in [9.17, 15) is 13.2 Å². The number of carbonyl (C=O) groups excluding carboxylic acids is 1. The minimum Gasteiger partial charge on any atom is -0.378 e. The molecule has 1 amide bonds. The summed E-state index contributed by atoms with van der Waals surface area (Å²) >= 11 is 0. The van der Waals surface area contributed by atoms with Crippen molar-refractivity contribution in [3.05, 3.63) is 29.8 Å². The third kappa shape index (κ3) is 3.48. The maximum absolute atomic E-state index is 12.4. The molecule has 22 heavy (non-hydrogen) atoms. The number of sulfonamides is 1. The van der Waals surface area contributed by atoms with Gasteiger partial charge in [0.15, 0.2) is 0 Å². The second kappa shape index (κ2) is 6.76. The van der Waals surface area contributed by atoms with E-state index in [2.05, 4.69) is 0 Å². The van der Waals surface area contributed by atoms with Crippen molar-refractivity contribution in [2.45, 2.75) is 24.8 Å². The van der Waals surface area contributed by atoms with E-state index in [1.807, 2.05) is 13.8 Å². The predicted molar refractivity (Wildman–Crippen MR) is 83.2 cm³/mol. The van der Waals surface area contributed by atoms with Gasteiger partial charge in [0.1, 0.15) is 0 Å². The number of benzene rings is 1. The Bertz CT molecular complexity index is 619. The van der Waals surface area contributed by atoms with Crippen LogP contribution in [0.4, 0.5) is 0 Å². The van der Waals surface area contributed by atoms with Crippen LogP contribution in [0.5, 0.6) is 0 Å². The number of amides is 1. The molecule has 0 N–H and O–H groups in total. The fourth-order valence-electron chi connectivity index (χ4n) is 2.16. The van der Waals surface area contributed by atoms with E-state index in [1.54, 1.807) is 24.1 Å². The molecule has 1 aliphatic rings. The number of ether oxygens (including phenoxy) is 1. The van der Waals surface area contributed by atoms with Crippen LogP contribution in [0.25, 0.3) is 0 Å². The number of morpholine rings is 1. The van der Waals surface area contributed by atoms with E-state index in [0.29, 0.717) is 31.9 Å². The third-order valence-corrected chi connectivity index (χ3v) is 5.85. The summed E-state index contributed by atoms with van der Waals surface area (Å²) in [5, 5.41) is 0. The van der Waals surface area contributed by atoms with Crippen LogP contribution < -0.4 is 0 Å². The molecular weight excluding hydrogens is 304 g/mol. The van der Waals surface area contributed by atoms with Crippen LogP contribution in [0.3, 0.4) is 0 Å². The van der Waals surface area contributed by atoms with Gasteiger partial charge >= 0.3 is 0 Å². The SMILES string of the molecule is CC(C)N(C)S(=O)(=O)c1ccc(C(=O)N2CCOCC2)cc1. The predicted octanol–water partition coefficient (Wildman–Crippen LogP) is 1.19. The van der Waals surface area contributed by atoms with Crippen LogP contribution in [0.2, 0.25) is 0 Å². The molecule has 2 rings (SSSR count). The van der Waals surface area contributed by atoms with Gasteiger partial charge in [-0.25, -0.2) is 8.42 Å². The third-order valence-electron chi connectivity index (χ3n) is 3.80. The summed E-state index contributed by atoms with van der Waals surface area (Å²) in [7, 11) is -1.97. The molecule has 122 valence electrons. The minimum absolute atomic E-state index is 0.0931. The van der Waals surface area contributed by atoms with Gasteiger partial charge in [0.05, 0.1) is 18.1 Å². The fraction of sp³-hybridized carbons (Fsp3) is 0.533. The largest absolute Gasteiger partial charge is 0.378 e.